The van der Waals surface area contributed by atoms with E-state index in [4.69, 9.17) is 5.73 Å². The molecule has 0 fully saturated rings. The van der Waals surface area contributed by atoms with Crippen LogP contribution in [0.1, 0.15) is 18.4 Å². The molecule has 1 amide bonds. The molecule has 0 radical (unpaired) electrons. The molecule has 0 saturated carbocycles. The van der Waals surface area contributed by atoms with Gasteiger partial charge in [-0.3, -0.25) is 4.79 Å². The Morgan fingerprint density at radius 1 is 1.50 bits per heavy atom. The average molecular weight is 260 g/mol. The lowest BCUT2D eigenvalue weighted by Crippen LogP contribution is -2.42. The quantitative estimate of drug-likeness (QED) is 0.845. The summed E-state index contributed by atoms with van der Waals surface area (Å²) in [6.45, 7) is -0.131. The van der Waals surface area contributed by atoms with Gasteiger partial charge in [-0.15, -0.1) is 0 Å². The summed E-state index contributed by atoms with van der Waals surface area (Å²) in [5, 5.41) is 2.10. The maximum absolute atomic E-state index is 13.0. The molecule has 6 heteroatoms. The summed E-state index contributed by atoms with van der Waals surface area (Å²) in [5.74, 6) is -4.89. The fourth-order valence-electron chi connectivity index (χ4n) is 1.37. The van der Waals surface area contributed by atoms with Gasteiger partial charge in [0.1, 0.15) is 5.82 Å². The van der Waals surface area contributed by atoms with Crippen molar-refractivity contribution in [2.75, 3.05) is 13.1 Å². The van der Waals surface area contributed by atoms with Gasteiger partial charge in [0.05, 0.1) is 19.0 Å². The van der Waals surface area contributed by atoms with E-state index in [0.29, 0.717) is 5.56 Å². The maximum Gasteiger partial charge on any atom is 0.277 e. The SMILES string of the molecule is CC(C(=O)NCC(F)(F)CN)c1cccc(F)c1. The molecule has 1 atom stereocenters. The van der Waals surface area contributed by atoms with Crippen molar-refractivity contribution < 1.29 is 18.0 Å². The first kappa shape index (κ1) is 14.5. The predicted octanol–water partition coefficient (Wildman–Crippen LogP) is 1.64. The van der Waals surface area contributed by atoms with Crippen LogP contribution >= 0.6 is 0 Å². The van der Waals surface area contributed by atoms with E-state index >= 15 is 0 Å². The average Bonchev–Trinajstić information content (AvgIpc) is 2.35. The second-order valence-corrected chi connectivity index (χ2v) is 4.05. The molecular weight excluding hydrogens is 245 g/mol. The maximum atomic E-state index is 13.0. The molecule has 3 N–H and O–H groups in total. The molecule has 1 aromatic rings. The molecule has 0 spiro atoms. The summed E-state index contributed by atoms with van der Waals surface area (Å²) in [6.07, 6.45) is 0. The van der Waals surface area contributed by atoms with Gasteiger partial charge in [-0.1, -0.05) is 12.1 Å². The monoisotopic (exact) mass is 260 g/mol. The molecule has 3 nitrogen and oxygen atoms in total. The van der Waals surface area contributed by atoms with Crippen LogP contribution in [0.5, 0.6) is 0 Å². The van der Waals surface area contributed by atoms with Gasteiger partial charge < -0.3 is 11.1 Å². The summed E-state index contributed by atoms with van der Waals surface area (Å²) < 4.78 is 38.6. The fraction of sp³-hybridized carbons (Fsp3) is 0.417. The van der Waals surface area contributed by atoms with Crippen LogP contribution in [0.15, 0.2) is 24.3 Å². The predicted molar refractivity (Wildman–Crippen MR) is 61.8 cm³/mol. The normalized spacial score (nSPS) is 13.2. The van der Waals surface area contributed by atoms with Crippen molar-refractivity contribution in [1.29, 1.82) is 0 Å². The topological polar surface area (TPSA) is 55.1 Å². The number of amides is 1. The number of carbonyl (C=O) groups excluding carboxylic acids is 1. The van der Waals surface area contributed by atoms with Crippen LogP contribution in [0.4, 0.5) is 13.2 Å². The van der Waals surface area contributed by atoms with E-state index in [2.05, 4.69) is 5.32 Å². The van der Waals surface area contributed by atoms with Gasteiger partial charge in [0, 0.05) is 0 Å². The van der Waals surface area contributed by atoms with Crippen molar-refractivity contribution in [3.05, 3.63) is 35.6 Å². The Morgan fingerprint density at radius 2 is 2.17 bits per heavy atom. The molecule has 0 aliphatic rings. The Bertz CT molecular complexity index is 424. The first-order valence-corrected chi connectivity index (χ1v) is 5.47. The van der Waals surface area contributed by atoms with Crippen molar-refractivity contribution in [3.63, 3.8) is 0 Å². The van der Waals surface area contributed by atoms with Crippen molar-refractivity contribution in [3.8, 4) is 0 Å². The number of nitrogens with two attached hydrogens (primary N) is 1. The number of carbonyl (C=O) groups is 1. The molecule has 0 heterocycles. The minimum Gasteiger partial charge on any atom is -0.349 e. The second-order valence-electron chi connectivity index (χ2n) is 4.05. The van der Waals surface area contributed by atoms with Crippen LogP contribution in [0.3, 0.4) is 0 Å². The van der Waals surface area contributed by atoms with Gasteiger partial charge in [0.15, 0.2) is 0 Å². The molecule has 0 aliphatic carbocycles. The Hall–Kier alpha value is -1.56. The van der Waals surface area contributed by atoms with E-state index in [-0.39, 0.29) is 0 Å². The Morgan fingerprint density at radius 3 is 2.72 bits per heavy atom. The molecule has 0 aliphatic heterocycles. The van der Waals surface area contributed by atoms with Crippen LogP contribution in [-0.4, -0.2) is 24.9 Å². The minimum atomic E-state index is -3.13. The number of hydrogen-bond donors (Lipinski definition) is 2. The van der Waals surface area contributed by atoms with Gasteiger partial charge >= 0.3 is 0 Å². The van der Waals surface area contributed by atoms with Crippen molar-refractivity contribution in [1.82, 2.24) is 5.32 Å². The zero-order valence-corrected chi connectivity index (χ0v) is 9.92. The number of nitrogens with one attached hydrogen (secondary N) is 1. The molecule has 0 aromatic heterocycles. The van der Waals surface area contributed by atoms with E-state index < -0.39 is 36.7 Å². The summed E-state index contributed by atoms with van der Waals surface area (Å²) in [6, 6.07) is 5.47. The smallest absolute Gasteiger partial charge is 0.277 e. The zero-order chi connectivity index (χ0) is 13.8. The highest BCUT2D eigenvalue weighted by Crippen LogP contribution is 2.17. The van der Waals surface area contributed by atoms with E-state index in [0.717, 1.165) is 0 Å². The summed E-state index contributed by atoms with van der Waals surface area (Å²) in [7, 11) is 0. The number of halogens is 3. The number of alkyl halides is 2. The highest BCUT2D eigenvalue weighted by molar-refractivity contribution is 5.83. The standard InChI is InChI=1S/C12H15F3N2O/c1-8(9-3-2-4-10(13)5-9)11(18)17-7-12(14,15)6-16/h2-5,8H,6-7,16H2,1H3,(H,17,18). The Kier molecular flexibility index (Phi) is 4.72. The largest absolute Gasteiger partial charge is 0.349 e. The second kappa shape index (κ2) is 5.86. The first-order chi connectivity index (χ1) is 8.35. The lowest BCUT2D eigenvalue weighted by molar-refractivity contribution is -0.124. The van der Waals surface area contributed by atoms with Crippen molar-refractivity contribution >= 4 is 5.91 Å². The van der Waals surface area contributed by atoms with Gasteiger partial charge in [-0.05, 0) is 24.6 Å². The number of rotatable bonds is 5. The van der Waals surface area contributed by atoms with E-state index in [1.54, 1.807) is 6.07 Å². The third kappa shape index (κ3) is 4.03. The van der Waals surface area contributed by atoms with Crippen LogP contribution < -0.4 is 11.1 Å². The summed E-state index contributed by atoms with van der Waals surface area (Å²) in [5.41, 5.74) is 5.28. The highest BCUT2D eigenvalue weighted by atomic mass is 19.3. The van der Waals surface area contributed by atoms with Crippen LogP contribution in [0.2, 0.25) is 0 Å². The number of benzene rings is 1. The molecule has 0 bridgehead atoms. The van der Waals surface area contributed by atoms with Gasteiger partial charge in [-0.25, -0.2) is 13.2 Å². The lowest BCUT2D eigenvalue weighted by atomic mass is 10.0. The summed E-state index contributed by atoms with van der Waals surface area (Å²) >= 11 is 0. The van der Waals surface area contributed by atoms with Crippen LogP contribution in [-0.2, 0) is 4.79 Å². The Labute approximate surface area is 103 Å². The molecule has 18 heavy (non-hydrogen) atoms. The van der Waals surface area contributed by atoms with Gasteiger partial charge in [0.25, 0.3) is 5.92 Å². The Balaban J connectivity index is 2.62. The third-order valence-corrected chi connectivity index (χ3v) is 2.56. The van der Waals surface area contributed by atoms with E-state index in [1.165, 1.54) is 25.1 Å². The molecule has 1 rings (SSSR count). The van der Waals surface area contributed by atoms with Crippen LogP contribution in [0.25, 0.3) is 0 Å². The molecule has 0 saturated heterocycles. The highest BCUT2D eigenvalue weighted by Gasteiger charge is 2.28. The first-order valence-electron chi connectivity index (χ1n) is 5.47. The molecule has 1 unspecified atom stereocenters. The van der Waals surface area contributed by atoms with Gasteiger partial charge in [0.2, 0.25) is 5.91 Å². The lowest BCUT2D eigenvalue weighted by Gasteiger charge is -2.17. The van der Waals surface area contributed by atoms with Crippen molar-refractivity contribution in [2.24, 2.45) is 5.73 Å². The minimum absolute atomic E-state index is 0.434. The summed E-state index contributed by atoms with van der Waals surface area (Å²) in [4.78, 5) is 11.6. The van der Waals surface area contributed by atoms with Gasteiger partial charge in [-0.2, -0.15) is 0 Å². The molecular formula is C12H15F3N2O. The third-order valence-electron chi connectivity index (χ3n) is 2.56. The number of hydrogen-bond acceptors (Lipinski definition) is 2. The zero-order valence-electron chi connectivity index (χ0n) is 9.92. The van der Waals surface area contributed by atoms with Crippen molar-refractivity contribution in [2.45, 2.75) is 18.8 Å². The van der Waals surface area contributed by atoms with E-state index in [1.807, 2.05) is 0 Å². The molecule has 100 valence electrons. The van der Waals surface area contributed by atoms with Crippen LogP contribution in [0, 0.1) is 5.82 Å². The van der Waals surface area contributed by atoms with E-state index in [9.17, 15) is 18.0 Å². The molecule has 1 aromatic carbocycles. The fourth-order valence-corrected chi connectivity index (χ4v) is 1.37.